The molecule has 1 nitrogen and oxygen atoms in total. The average Bonchev–Trinajstić information content (AvgIpc) is 1.38. The predicted octanol–water partition coefficient (Wildman–Crippen LogP) is 0.576. The van der Waals surface area contributed by atoms with Gasteiger partial charge in [0.15, 0.2) is 0 Å². The van der Waals surface area contributed by atoms with Crippen LogP contribution in [0.5, 0.6) is 0 Å². The molecule has 1 radical (unpaired) electrons. The van der Waals surface area contributed by atoms with Crippen LogP contribution in [-0.4, -0.2) is 16.5 Å². The van der Waals surface area contributed by atoms with Crippen molar-refractivity contribution >= 4 is 15.9 Å². The van der Waals surface area contributed by atoms with E-state index in [0.29, 0.717) is 5.33 Å². The van der Waals surface area contributed by atoms with E-state index in [1.807, 2.05) is 0 Å². The molecule has 5 heavy (non-hydrogen) atoms. The van der Waals surface area contributed by atoms with Crippen LogP contribution in [0.3, 0.4) is 0 Å². The molecule has 0 aromatic rings. The summed E-state index contributed by atoms with van der Waals surface area (Å²) in [5.74, 6) is 0. The Morgan fingerprint density at radius 1 is 2.00 bits per heavy atom. The first-order valence-corrected chi connectivity index (χ1v) is 2.46. The summed E-state index contributed by atoms with van der Waals surface area (Å²) >= 11 is 3.00. The molecule has 0 amide bonds. The van der Waals surface area contributed by atoms with Gasteiger partial charge in [0.2, 0.25) is 0 Å². The van der Waals surface area contributed by atoms with Crippen LogP contribution < -0.4 is 0 Å². The summed E-state index contributed by atoms with van der Waals surface area (Å²) in [6, 6.07) is 0. The summed E-state index contributed by atoms with van der Waals surface area (Å²) in [5, 5.41) is 8.77. The lowest BCUT2D eigenvalue weighted by Crippen LogP contribution is -1.98. The number of aliphatic hydroxyl groups excluding tert-OH is 1. The zero-order valence-corrected chi connectivity index (χ0v) is 4.40. The minimum absolute atomic E-state index is 0.449. The van der Waals surface area contributed by atoms with E-state index < -0.39 is 6.10 Å². The van der Waals surface area contributed by atoms with Crippen molar-refractivity contribution < 1.29 is 5.11 Å². The molecule has 1 N–H and O–H groups in total. The number of rotatable bonds is 1. The van der Waals surface area contributed by atoms with E-state index in [1.165, 1.54) is 0 Å². The van der Waals surface area contributed by atoms with Crippen LogP contribution in [-0.2, 0) is 0 Å². The maximum absolute atomic E-state index is 8.20. The van der Waals surface area contributed by atoms with Gasteiger partial charge in [-0.2, -0.15) is 0 Å². The van der Waals surface area contributed by atoms with E-state index in [4.69, 9.17) is 5.11 Å². The van der Waals surface area contributed by atoms with Crippen LogP contribution >= 0.6 is 15.9 Å². The fourth-order valence-corrected chi connectivity index (χ4v) is 0. The van der Waals surface area contributed by atoms with Gasteiger partial charge in [-0.05, 0) is 6.92 Å². The summed E-state index contributed by atoms with van der Waals surface area (Å²) in [4.78, 5) is 0. The molecule has 0 rings (SSSR count). The smallest absolute Gasteiger partial charge is 0.0637 e. The van der Waals surface area contributed by atoms with Crippen molar-refractivity contribution in [1.82, 2.24) is 0 Å². The van der Waals surface area contributed by atoms with Crippen molar-refractivity contribution in [2.45, 2.75) is 6.10 Å². The molecule has 31 valence electrons. The van der Waals surface area contributed by atoms with Crippen LogP contribution in [0.2, 0.25) is 0 Å². The van der Waals surface area contributed by atoms with Gasteiger partial charge in [0, 0.05) is 5.33 Å². The average molecular weight is 138 g/mol. The molecule has 0 heterocycles. The minimum atomic E-state index is -0.449. The van der Waals surface area contributed by atoms with Gasteiger partial charge in [-0.1, -0.05) is 15.9 Å². The van der Waals surface area contributed by atoms with Crippen LogP contribution in [0, 0.1) is 6.92 Å². The Labute approximate surface area is 40.1 Å². The number of halogens is 1. The minimum Gasteiger partial charge on any atom is -0.392 e. The normalized spacial score (nSPS) is 15.0. The highest BCUT2D eigenvalue weighted by Crippen LogP contribution is 1.83. The number of aliphatic hydroxyl groups is 1. The van der Waals surface area contributed by atoms with Crippen molar-refractivity contribution in [2.24, 2.45) is 0 Å². The van der Waals surface area contributed by atoms with Gasteiger partial charge in [-0.25, -0.2) is 0 Å². The van der Waals surface area contributed by atoms with E-state index in [0.717, 1.165) is 0 Å². The molecule has 0 fully saturated rings. The highest BCUT2D eigenvalue weighted by atomic mass is 79.9. The van der Waals surface area contributed by atoms with E-state index in [1.54, 1.807) is 0 Å². The molecule has 0 aromatic carbocycles. The second-order valence-electron chi connectivity index (χ2n) is 0.808. The first-order chi connectivity index (χ1) is 2.27. The molecular weight excluding hydrogens is 132 g/mol. The monoisotopic (exact) mass is 137 g/mol. The van der Waals surface area contributed by atoms with Gasteiger partial charge in [-0.3, -0.25) is 0 Å². The maximum Gasteiger partial charge on any atom is 0.0637 e. The van der Waals surface area contributed by atoms with Gasteiger partial charge < -0.3 is 5.11 Å². The summed E-state index contributed by atoms with van der Waals surface area (Å²) in [5.41, 5.74) is 0. The SMILES string of the molecule is [CH2]C(O)CBr. The molecule has 2 heteroatoms. The quantitative estimate of drug-likeness (QED) is 0.525. The van der Waals surface area contributed by atoms with Crippen molar-refractivity contribution in [2.75, 3.05) is 5.33 Å². The zero-order valence-electron chi connectivity index (χ0n) is 2.82. The largest absolute Gasteiger partial charge is 0.392 e. The molecule has 0 aliphatic heterocycles. The summed E-state index contributed by atoms with van der Waals surface area (Å²) in [6.45, 7) is 3.27. The molecule has 0 aromatic heterocycles. The lowest BCUT2D eigenvalue weighted by atomic mass is 10.5. The van der Waals surface area contributed by atoms with Gasteiger partial charge in [0.05, 0.1) is 6.10 Å². The van der Waals surface area contributed by atoms with Gasteiger partial charge in [0.1, 0.15) is 0 Å². The fourth-order valence-electron chi connectivity index (χ4n) is 0. The first-order valence-electron chi connectivity index (χ1n) is 1.34. The first kappa shape index (κ1) is 5.44. The van der Waals surface area contributed by atoms with E-state index in [-0.39, 0.29) is 0 Å². The van der Waals surface area contributed by atoms with E-state index >= 15 is 0 Å². The van der Waals surface area contributed by atoms with Crippen molar-refractivity contribution in [1.29, 1.82) is 0 Å². The standard InChI is InChI=1S/C3H6BrO/c1-3(5)2-4/h3,5H,1-2H2. The predicted molar refractivity (Wildman–Crippen MR) is 25.2 cm³/mol. The number of alkyl halides is 1. The van der Waals surface area contributed by atoms with Crippen molar-refractivity contribution in [3.05, 3.63) is 6.92 Å². The molecule has 0 saturated carbocycles. The Kier molecular flexibility index (Phi) is 2.90. The van der Waals surface area contributed by atoms with Crippen molar-refractivity contribution in [3.63, 3.8) is 0 Å². The Morgan fingerprint density at radius 2 is 2.20 bits per heavy atom. The Bertz CT molecular complexity index is 20.9. The van der Waals surface area contributed by atoms with Crippen LogP contribution in [0.25, 0.3) is 0 Å². The highest BCUT2D eigenvalue weighted by Gasteiger charge is 1.83. The van der Waals surface area contributed by atoms with Gasteiger partial charge >= 0.3 is 0 Å². The second kappa shape index (κ2) is 2.67. The Hall–Kier alpha value is 0.440. The third kappa shape index (κ3) is 4.44. The second-order valence-corrected chi connectivity index (χ2v) is 1.46. The topological polar surface area (TPSA) is 20.2 Å². The molecule has 0 aliphatic carbocycles. The Balaban J connectivity index is 2.54. The third-order valence-electron chi connectivity index (χ3n) is 0.178. The van der Waals surface area contributed by atoms with Gasteiger partial charge in [0.25, 0.3) is 0 Å². The molecule has 0 bridgehead atoms. The number of hydrogen-bond donors (Lipinski definition) is 1. The maximum atomic E-state index is 8.20. The van der Waals surface area contributed by atoms with E-state index in [9.17, 15) is 0 Å². The molecule has 0 spiro atoms. The number of hydrogen-bond acceptors (Lipinski definition) is 1. The lowest BCUT2D eigenvalue weighted by molar-refractivity contribution is 0.247. The summed E-state index contributed by atoms with van der Waals surface area (Å²) in [7, 11) is 0. The molecular formula is C3H6BrO. The summed E-state index contributed by atoms with van der Waals surface area (Å²) in [6.07, 6.45) is -0.449. The van der Waals surface area contributed by atoms with Gasteiger partial charge in [-0.15, -0.1) is 0 Å². The lowest BCUT2D eigenvalue weighted by Gasteiger charge is -1.88. The summed E-state index contributed by atoms with van der Waals surface area (Å²) < 4.78 is 0. The molecule has 0 saturated heterocycles. The van der Waals surface area contributed by atoms with Crippen LogP contribution in [0.4, 0.5) is 0 Å². The third-order valence-corrected chi connectivity index (χ3v) is 0.926. The van der Waals surface area contributed by atoms with Crippen LogP contribution in [0.15, 0.2) is 0 Å². The molecule has 1 unspecified atom stereocenters. The zero-order chi connectivity index (χ0) is 4.28. The molecule has 1 atom stereocenters. The molecule has 0 aliphatic rings. The van der Waals surface area contributed by atoms with Crippen LogP contribution in [0.1, 0.15) is 0 Å². The fraction of sp³-hybridized carbons (Fsp3) is 0.667. The van der Waals surface area contributed by atoms with E-state index in [2.05, 4.69) is 22.9 Å². The highest BCUT2D eigenvalue weighted by molar-refractivity contribution is 9.09. The Morgan fingerprint density at radius 3 is 2.20 bits per heavy atom. The van der Waals surface area contributed by atoms with Crippen molar-refractivity contribution in [3.8, 4) is 0 Å².